The van der Waals surface area contributed by atoms with Crippen LogP contribution in [-0.4, -0.2) is 42.8 Å². The molecule has 21 heavy (non-hydrogen) atoms. The van der Waals surface area contributed by atoms with E-state index < -0.39 is 0 Å². The molecule has 1 atom stereocenters. The SMILES string of the molecule is CCNC(CCN1CCC(CO)CC1)c1ccccc1F. The summed E-state index contributed by atoms with van der Waals surface area (Å²) in [7, 11) is 0. The number of hydrogen-bond donors (Lipinski definition) is 2. The third-order valence-electron chi connectivity index (χ3n) is 4.43. The molecule has 118 valence electrons. The Kier molecular flexibility index (Phi) is 6.61. The summed E-state index contributed by atoms with van der Waals surface area (Å²) in [4.78, 5) is 2.43. The predicted octanol–water partition coefficient (Wildman–Crippen LogP) is 2.57. The van der Waals surface area contributed by atoms with Crippen LogP contribution in [0.1, 0.15) is 37.8 Å². The lowest BCUT2D eigenvalue weighted by Gasteiger charge is -2.32. The minimum absolute atomic E-state index is 0.0757. The largest absolute Gasteiger partial charge is 0.396 e. The smallest absolute Gasteiger partial charge is 0.127 e. The third-order valence-corrected chi connectivity index (χ3v) is 4.43. The molecule has 1 aromatic carbocycles. The van der Waals surface area contributed by atoms with Gasteiger partial charge in [0.1, 0.15) is 5.82 Å². The lowest BCUT2D eigenvalue weighted by Crippen LogP contribution is -2.37. The van der Waals surface area contributed by atoms with Crippen molar-refractivity contribution in [2.45, 2.75) is 32.2 Å². The molecule has 3 nitrogen and oxygen atoms in total. The first-order valence-corrected chi connectivity index (χ1v) is 8.05. The first kappa shape index (κ1) is 16.4. The zero-order valence-electron chi connectivity index (χ0n) is 12.9. The molecule has 0 aliphatic carbocycles. The Balaban J connectivity index is 1.88. The number of nitrogens with one attached hydrogen (secondary N) is 1. The van der Waals surface area contributed by atoms with Crippen LogP contribution < -0.4 is 5.32 Å². The molecule has 0 bridgehead atoms. The van der Waals surface area contributed by atoms with Gasteiger partial charge in [-0.25, -0.2) is 4.39 Å². The van der Waals surface area contributed by atoms with Gasteiger partial charge < -0.3 is 15.3 Å². The lowest BCUT2D eigenvalue weighted by atomic mass is 9.97. The van der Waals surface area contributed by atoms with Gasteiger partial charge in [-0.3, -0.25) is 0 Å². The summed E-state index contributed by atoms with van der Waals surface area (Å²) in [6, 6.07) is 7.12. The van der Waals surface area contributed by atoms with Crippen molar-refractivity contribution in [2.75, 3.05) is 32.8 Å². The molecule has 2 N–H and O–H groups in total. The number of hydrogen-bond acceptors (Lipinski definition) is 3. The fraction of sp³-hybridized carbons (Fsp3) is 0.647. The molecule has 0 radical (unpaired) electrons. The topological polar surface area (TPSA) is 35.5 Å². The highest BCUT2D eigenvalue weighted by atomic mass is 19.1. The molecule has 1 aromatic rings. The van der Waals surface area contributed by atoms with Gasteiger partial charge in [0.25, 0.3) is 0 Å². The number of likely N-dealkylation sites (tertiary alicyclic amines) is 1. The zero-order chi connectivity index (χ0) is 15.1. The van der Waals surface area contributed by atoms with Gasteiger partial charge in [0.15, 0.2) is 0 Å². The highest BCUT2D eigenvalue weighted by Gasteiger charge is 2.20. The molecular weight excluding hydrogens is 267 g/mol. The average Bonchev–Trinajstić information content (AvgIpc) is 2.53. The van der Waals surface area contributed by atoms with E-state index in [1.807, 2.05) is 12.1 Å². The van der Waals surface area contributed by atoms with Crippen LogP contribution in [0.3, 0.4) is 0 Å². The van der Waals surface area contributed by atoms with Crippen molar-refractivity contribution in [2.24, 2.45) is 5.92 Å². The molecule has 1 heterocycles. The minimum atomic E-state index is -0.123. The van der Waals surface area contributed by atoms with Crippen molar-refractivity contribution in [3.63, 3.8) is 0 Å². The van der Waals surface area contributed by atoms with E-state index in [0.717, 1.165) is 51.0 Å². The van der Waals surface area contributed by atoms with Crippen molar-refractivity contribution in [3.8, 4) is 0 Å². The van der Waals surface area contributed by atoms with Crippen LogP contribution in [0.15, 0.2) is 24.3 Å². The number of halogens is 1. The maximum atomic E-state index is 13.9. The molecule has 1 aliphatic heterocycles. The van der Waals surface area contributed by atoms with Gasteiger partial charge in [0.2, 0.25) is 0 Å². The number of piperidine rings is 1. The van der Waals surface area contributed by atoms with Crippen molar-refractivity contribution in [3.05, 3.63) is 35.6 Å². The van der Waals surface area contributed by atoms with Crippen LogP contribution >= 0.6 is 0 Å². The second-order valence-corrected chi connectivity index (χ2v) is 5.89. The molecule has 4 heteroatoms. The second kappa shape index (κ2) is 8.47. The molecular formula is C17H27FN2O. The maximum Gasteiger partial charge on any atom is 0.127 e. The van der Waals surface area contributed by atoms with Crippen LogP contribution in [0.4, 0.5) is 4.39 Å². The third kappa shape index (κ3) is 4.77. The summed E-state index contributed by atoms with van der Waals surface area (Å²) in [5, 5.41) is 12.6. The van der Waals surface area contributed by atoms with Crippen LogP contribution in [-0.2, 0) is 0 Å². The normalized spacial score (nSPS) is 18.8. The Labute approximate surface area is 127 Å². The number of aliphatic hydroxyl groups excluding tert-OH is 1. The van der Waals surface area contributed by atoms with E-state index in [9.17, 15) is 9.50 Å². The van der Waals surface area contributed by atoms with Crippen LogP contribution in [0, 0.1) is 11.7 Å². The van der Waals surface area contributed by atoms with Crippen LogP contribution in [0.5, 0.6) is 0 Å². The van der Waals surface area contributed by atoms with Crippen molar-refractivity contribution in [1.82, 2.24) is 10.2 Å². The molecule has 1 aliphatic rings. The van der Waals surface area contributed by atoms with Gasteiger partial charge in [0, 0.05) is 18.2 Å². The zero-order valence-corrected chi connectivity index (χ0v) is 12.9. The standard InChI is InChI=1S/C17H27FN2O/c1-2-19-17(15-5-3-4-6-16(15)18)9-12-20-10-7-14(13-21)8-11-20/h3-6,14,17,19,21H,2,7-13H2,1H3. The van der Waals surface area contributed by atoms with Crippen molar-refractivity contribution < 1.29 is 9.50 Å². The molecule has 1 unspecified atom stereocenters. The Bertz CT molecular complexity index is 419. The Hall–Kier alpha value is -0.970. The molecule has 0 aromatic heterocycles. The van der Waals surface area contributed by atoms with Gasteiger partial charge >= 0.3 is 0 Å². The van der Waals surface area contributed by atoms with Gasteiger partial charge in [0.05, 0.1) is 0 Å². The van der Waals surface area contributed by atoms with Crippen LogP contribution in [0.25, 0.3) is 0 Å². The number of aliphatic hydroxyl groups is 1. The summed E-state index contributed by atoms with van der Waals surface area (Å²) < 4.78 is 13.9. The van der Waals surface area contributed by atoms with Gasteiger partial charge in [-0.15, -0.1) is 0 Å². The molecule has 2 rings (SSSR count). The number of rotatable bonds is 7. The highest BCUT2D eigenvalue weighted by Crippen LogP contribution is 2.22. The first-order chi connectivity index (χ1) is 10.2. The van der Waals surface area contributed by atoms with E-state index in [1.165, 1.54) is 6.07 Å². The fourth-order valence-corrected chi connectivity index (χ4v) is 3.08. The lowest BCUT2D eigenvalue weighted by molar-refractivity contribution is 0.128. The molecule has 1 saturated heterocycles. The summed E-state index contributed by atoms with van der Waals surface area (Å²) in [5.74, 6) is 0.347. The fourth-order valence-electron chi connectivity index (χ4n) is 3.08. The van der Waals surface area contributed by atoms with E-state index in [1.54, 1.807) is 6.07 Å². The monoisotopic (exact) mass is 294 g/mol. The summed E-state index contributed by atoms with van der Waals surface area (Å²) in [6.07, 6.45) is 3.06. The summed E-state index contributed by atoms with van der Waals surface area (Å²) >= 11 is 0. The number of benzene rings is 1. The van der Waals surface area contributed by atoms with Crippen molar-refractivity contribution >= 4 is 0 Å². The average molecular weight is 294 g/mol. The van der Waals surface area contributed by atoms with Crippen LogP contribution in [0.2, 0.25) is 0 Å². The van der Waals surface area contributed by atoms with E-state index in [-0.39, 0.29) is 11.9 Å². The molecule has 1 fully saturated rings. The van der Waals surface area contributed by atoms with E-state index in [0.29, 0.717) is 12.5 Å². The molecule has 0 spiro atoms. The number of nitrogens with zero attached hydrogens (tertiary/aromatic N) is 1. The quantitative estimate of drug-likeness (QED) is 0.811. The van der Waals surface area contributed by atoms with E-state index in [2.05, 4.69) is 17.1 Å². The first-order valence-electron chi connectivity index (χ1n) is 8.05. The summed E-state index contributed by atoms with van der Waals surface area (Å²) in [6.45, 7) is 6.27. The predicted molar refractivity (Wildman–Crippen MR) is 83.7 cm³/mol. The van der Waals surface area contributed by atoms with Crippen molar-refractivity contribution in [1.29, 1.82) is 0 Å². The highest BCUT2D eigenvalue weighted by molar-refractivity contribution is 5.21. The Morgan fingerprint density at radius 2 is 2.05 bits per heavy atom. The summed E-state index contributed by atoms with van der Waals surface area (Å²) in [5.41, 5.74) is 0.768. The Morgan fingerprint density at radius 1 is 1.33 bits per heavy atom. The van der Waals surface area contributed by atoms with Gasteiger partial charge in [-0.1, -0.05) is 25.1 Å². The van der Waals surface area contributed by atoms with Gasteiger partial charge in [-0.05, 0) is 57.4 Å². The molecule has 0 amide bonds. The molecule has 0 saturated carbocycles. The van der Waals surface area contributed by atoms with Gasteiger partial charge in [-0.2, -0.15) is 0 Å². The van der Waals surface area contributed by atoms with E-state index >= 15 is 0 Å². The maximum absolute atomic E-state index is 13.9. The second-order valence-electron chi connectivity index (χ2n) is 5.89. The minimum Gasteiger partial charge on any atom is -0.396 e. The van der Waals surface area contributed by atoms with E-state index in [4.69, 9.17) is 0 Å². The Morgan fingerprint density at radius 3 is 2.67 bits per heavy atom.